The molecule has 1 aliphatic rings. The second-order valence-corrected chi connectivity index (χ2v) is 5.14. The van der Waals surface area contributed by atoms with Gasteiger partial charge in [0.15, 0.2) is 11.5 Å². The van der Waals surface area contributed by atoms with Gasteiger partial charge in [0.2, 0.25) is 6.29 Å². The maximum atomic E-state index is 9.96. The molecule has 8 heteroatoms. The van der Waals surface area contributed by atoms with Gasteiger partial charge in [0.05, 0.1) is 26.2 Å². The van der Waals surface area contributed by atoms with E-state index >= 15 is 0 Å². The summed E-state index contributed by atoms with van der Waals surface area (Å²) in [5.41, 5.74) is 0.727. The number of aliphatic hydroxyl groups excluding tert-OH is 4. The van der Waals surface area contributed by atoms with Gasteiger partial charge < -0.3 is 34.6 Å². The molecule has 0 bridgehead atoms. The first-order chi connectivity index (χ1) is 11.0. The number of rotatable bonds is 5. The number of benzene rings is 1. The molecular formula is C15H19NO7. The van der Waals surface area contributed by atoms with Crippen molar-refractivity contribution in [3.63, 3.8) is 0 Å². The smallest absolute Gasteiger partial charge is 0.229 e. The molecule has 126 valence electrons. The molecule has 5 atom stereocenters. The van der Waals surface area contributed by atoms with Crippen LogP contribution in [-0.2, 0) is 11.2 Å². The van der Waals surface area contributed by atoms with Crippen molar-refractivity contribution in [3.05, 3.63) is 23.8 Å². The van der Waals surface area contributed by atoms with Crippen molar-refractivity contribution in [2.24, 2.45) is 0 Å². The van der Waals surface area contributed by atoms with Crippen LogP contribution in [0.25, 0.3) is 0 Å². The molecule has 23 heavy (non-hydrogen) atoms. The van der Waals surface area contributed by atoms with Crippen LogP contribution in [0, 0.1) is 11.3 Å². The molecule has 0 saturated carbocycles. The Labute approximate surface area is 133 Å². The first-order valence-corrected chi connectivity index (χ1v) is 7.02. The Kier molecular flexibility index (Phi) is 5.76. The van der Waals surface area contributed by atoms with Crippen molar-refractivity contribution >= 4 is 0 Å². The van der Waals surface area contributed by atoms with Crippen molar-refractivity contribution in [2.75, 3.05) is 13.7 Å². The van der Waals surface area contributed by atoms with Gasteiger partial charge in [-0.2, -0.15) is 5.26 Å². The van der Waals surface area contributed by atoms with Crippen molar-refractivity contribution in [1.29, 1.82) is 5.26 Å². The molecule has 1 saturated heterocycles. The van der Waals surface area contributed by atoms with E-state index < -0.39 is 37.3 Å². The molecule has 0 aromatic heterocycles. The van der Waals surface area contributed by atoms with Crippen LogP contribution in [0.4, 0.5) is 0 Å². The van der Waals surface area contributed by atoms with E-state index in [4.69, 9.17) is 24.6 Å². The average Bonchev–Trinajstić information content (AvgIpc) is 2.56. The molecule has 8 nitrogen and oxygen atoms in total. The van der Waals surface area contributed by atoms with E-state index in [9.17, 15) is 15.3 Å². The molecule has 1 heterocycles. The fourth-order valence-corrected chi connectivity index (χ4v) is 2.30. The Morgan fingerprint density at radius 2 is 1.91 bits per heavy atom. The van der Waals surface area contributed by atoms with Gasteiger partial charge in [-0.1, -0.05) is 6.07 Å². The second kappa shape index (κ2) is 7.59. The molecule has 1 fully saturated rings. The SMILES string of the molecule is COc1cc(CC#N)ccc1OC1OC(CO)C(O)C(O)C1O. The zero-order valence-electron chi connectivity index (χ0n) is 12.5. The van der Waals surface area contributed by atoms with E-state index in [1.165, 1.54) is 7.11 Å². The van der Waals surface area contributed by atoms with Crippen molar-refractivity contribution in [2.45, 2.75) is 37.1 Å². The summed E-state index contributed by atoms with van der Waals surface area (Å²) < 4.78 is 16.0. The number of nitrogens with zero attached hydrogens (tertiary/aromatic N) is 1. The quantitative estimate of drug-likeness (QED) is 0.538. The van der Waals surface area contributed by atoms with E-state index in [-0.39, 0.29) is 12.2 Å². The van der Waals surface area contributed by atoms with Crippen molar-refractivity contribution < 1.29 is 34.6 Å². The normalized spacial score (nSPS) is 30.5. The van der Waals surface area contributed by atoms with E-state index in [0.29, 0.717) is 5.75 Å². The monoisotopic (exact) mass is 325 g/mol. The van der Waals surface area contributed by atoms with Crippen LogP contribution < -0.4 is 9.47 Å². The summed E-state index contributed by atoms with van der Waals surface area (Å²) in [6, 6.07) is 6.84. The third-order valence-corrected chi connectivity index (χ3v) is 3.60. The number of hydrogen-bond acceptors (Lipinski definition) is 8. The largest absolute Gasteiger partial charge is 0.493 e. The van der Waals surface area contributed by atoms with Gasteiger partial charge in [0.25, 0.3) is 0 Å². The van der Waals surface area contributed by atoms with Gasteiger partial charge in [-0.15, -0.1) is 0 Å². The van der Waals surface area contributed by atoms with E-state index in [2.05, 4.69) is 0 Å². The predicted octanol–water partition coefficient (Wildman–Crippen LogP) is -1.06. The van der Waals surface area contributed by atoms with Crippen LogP contribution in [0.3, 0.4) is 0 Å². The topological polar surface area (TPSA) is 132 Å². The molecular weight excluding hydrogens is 306 g/mol. The van der Waals surface area contributed by atoms with Gasteiger partial charge >= 0.3 is 0 Å². The molecule has 4 N–H and O–H groups in total. The number of hydrogen-bond donors (Lipinski definition) is 4. The van der Waals surface area contributed by atoms with Crippen LogP contribution in [0.5, 0.6) is 11.5 Å². The summed E-state index contributed by atoms with van der Waals surface area (Å²) in [7, 11) is 1.42. The lowest BCUT2D eigenvalue weighted by atomic mass is 9.99. The Morgan fingerprint density at radius 3 is 2.52 bits per heavy atom. The molecule has 2 rings (SSSR count). The average molecular weight is 325 g/mol. The molecule has 1 aliphatic heterocycles. The number of ether oxygens (including phenoxy) is 3. The molecule has 0 aliphatic carbocycles. The summed E-state index contributed by atoms with van der Waals surface area (Å²) in [4.78, 5) is 0. The standard InChI is InChI=1S/C15H19NO7/c1-21-10-6-8(4-5-16)2-3-9(10)22-15-14(20)13(19)12(18)11(7-17)23-15/h2-3,6,11-15,17-20H,4,7H2,1H3. The van der Waals surface area contributed by atoms with Gasteiger partial charge in [-0.3, -0.25) is 0 Å². The van der Waals surface area contributed by atoms with Crippen molar-refractivity contribution in [3.8, 4) is 17.6 Å². The third kappa shape index (κ3) is 3.72. The summed E-state index contributed by atoms with van der Waals surface area (Å²) in [5.74, 6) is 0.563. The van der Waals surface area contributed by atoms with E-state index in [1.807, 2.05) is 6.07 Å². The molecule has 0 amide bonds. The van der Waals surface area contributed by atoms with Crippen LogP contribution in [0.2, 0.25) is 0 Å². The zero-order chi connectivity index (χ0) is 17.0. The highest BCUT2D eigenvalue weighted by molar-refractivity contribution is 5.43. The first kappa shape index (κ1) is 17.5. The van der Waals surface area contributed by atoms with Crippen LogP contribution in [-0.4, -0.2) is 64.8 Å². The lowest BCUT2D eigenvalue weighted by Crippen LogP contribution is -2.60. The molecule has 1 aromatic carbocycles. The summed E-state index contributed by atoms with van der Waals surface area (Å²) in [6.45, 7) is -0.539. The van der Waals surface area contributed by atoms with Gasteiger partial charge in [-0.05, 0) is 17.7 Å². The molecule has 0 spiro atoms. The Hall–Kier alpha value is -1.89. The molecule has 5 unspecified atom stereocenters. The van der Waals surface area contributed by atoms with Crippen LogP contribution in [0.1, 0.15) is 5.56 Å². The minimum absolute atomic E-state index is 0.205. The van der Waals surface area contributed by atoms with Crippen LogP contribution >= 0.6 is 0 Å². The maximum absolute atomic E-state index is 9.96. The highest BCUT2D eigenvalue weighted by atomic mass is 16.7. The van der Waals surface area contributed by atoms with Crippen molar-refractivity contribution in [1.82, 2.24) is 0 Å². The lowest BCUT2D eigenvalue weighted by molar-refractivity contribution is -0.277. The first-order valence-electron chi connectivity index (χ1n) is 7.02. The lowest BCUT2D eigenvalue weighted by Gasteiger charge is -2.39. The number of nitriles is 1. The highest BCUT2D eigenvalue weighted by Crippen LogP contribution is 2.32. The zero-order valence-corrected chi connectivity index (χ0v) is 12.5. The third-order valence-electron chi connectivity index (χ3n) is 3.60. The maximum Gasteiger partial charge on any atom is 0.229 e. The minimum atomic E-state index is -1.52. The Morgan fingerprint density at radius 1 is 1.17 bits per heavy atom. The summed E-state index contributed by atoms with van der Waals surface area (Å²) in [5, 5.41) is 47.3. The molecule has 0 radical (unpaired) electrons. The van der Waals surface area contributed by atoms with Gasteiger partial charge in [0, 0.05) is 0 Å². The highest BCUT2D eigenvalue weighted by Gasteiger charge is 2.44. The van der Waals surface area contributed by atoms with E-state index in [1.54, 1.807) is 18.2 Å². The fraction of sp³-hybridized carbons (Fsp3) is 0.533. The minimum Gasteiger partial charge on any atom is -0.493 e. The van der Waals surface area contributed by atoms with Crippen LogP contribution in [0.15, 0.2) is 18.2 Å². The van der Waals surface area contributed by atoms with Gasteiger partial charge in [0.1, 0.15) is 24.4 Å². The summed E-state index contributed by atoms with van der Waals surface area (Å²) >= 11 is 0. The van der Waals surface area contributed by atoms with E-state index in [0.717, 1.165) is 5.56 Å². The Balaban J connectivity index is 2.19. The number of aliphatic hydroxyl groups is 4. The second-order valence-electron chi connectivity index (χ2n) is 5.14. The number of methoxy groups -OCH3 is 1. The fourth-order valence-electron chi connectivity index (χ4n) is 2.30. The predicted molar refractivity (Wildman–Crippen MR) is 76.7 cm³/mol. The van der Waals surface area contributed by atoms with Gasteiger partial charge in [-0.25, -0.2) is 0 Å². The molecule has 1 aromatic rings. The Bertz CT molecular complexity index is 571. The summed E-state index contributed by atoms with van der Waals surface area (Å²) in [6.07, 6.45) is -6.61.